The quantitative estimate of drug-likeness (QED) is 0.850. The van der Waals surface area contributed by atoms with E-state index in [4.69, 9.17) is 0 Å². The van der Waals surface area contributed by atoms with Gasteiger partial charge in [-0.05, 0) is 36.1 Å². The molecule has 2 amide bonds. The molecule has 0 heterocycles. The predicted molar refractivity (Wildman–Crippen MR) is 104 cm³/mol. The lowest BCUT2D eigenvalue weighted by Gasteiger charge is -2.36. The first-order valence-electron chi connectivity index (χ1n) is 9.30. The second-order valence-corrected chi connectivity index (χ2v) is 7.07. The molecule has 0 spiro atoms. The number of carbonyl (C=O) groups is 2. The zero-order valence-electron chi connectivity index (χ0n) is 15.3. The largest absolute Gasteiger partial charge is 0.351 e. The summed E-state index contributed by atoms with van der Waals surface area (Å²) in [6.07, 6.45) is 5.04. The number of hydrogen-bond donors (Lipinski definition) is 2. The molecule has 0 aliphatic heterocycles. The van der Waals surface area contributed by atoms with Gasteiger partial charge in [0, 0.05) is 19.2 Å². The third-order valence-corrected chi connectivity index (χ3v) is 5.20. The van der Waals surface area contributed by atoms with Crippen LogP contribution in [0.3, 0.4) is 0 Å². The van der Waals surface area contributed by atoms with E-state index in [1.54, 1.807) is 0 Å². The van der Waals surface area contributed by atoms with Crippen LogP contribution in [0.15, 0.2) is 54.6 Å². The molecule has 3 rings (SSSR count). The molecule has 0 saturated heterocycles. The van der Waals surface area contributed by atoms with E-state index in [0.29, 0.717) is 6.54 Å². The molecule has 2 aromatic carbocycles. The highest BCUT2D eigenvalue weighted by molar-refractivity contribution is 5.90. The summed E-state index contributed by atoms with van der Waals surface area (Å²) in [6.45, 7) is 2.04. The minimum Gasteiger partial charge on any atom is -0.351 e. The minimum absolute atomic E-state index is 0.0919. The van der Waals surface area contributed by atoms with Crippen LogP contribution in [0.1, 0.15) is 50.2 Å². The average Bonchev–Trinajstić information content (AvgIpc) is 2.67. The Hall–Kier alpha value is -2.62. The first-order chi connectivity index (χ1) is 12.6. The summed E-state index contributed by atoms with van der Waals surface area (Å²) >= 11 is 0. The fourth-order valence-electron chi connectivity index (χ4n) is 3.83. The Morgan fingerprint density at radius 2 is 1.58 bits per heavy atom. The molecule has 0 aromatic heterocycles. The summed E-state index contributed by atoms with van der Waals surface area (Å²) in [6, 6.07) is 17.7. The minimum atomic E-state index is -0.470. The number of amides is 2. The lowest BCUT2D eigenvalue weighted by molar-refractivity contribution is -0.128. The first-order valence-corrected chi connectivity index (χ1v) is 9.30. The van der Waals surface area contributed by atoms with Crippen molar-refractivity contribution in [1.82, 2.24) is 5.32 Å². The molecule has 1 aliphatic rings. The molecule has 1 aliphatic carbocycles. The van der Waals surface area contributed by atoms with E-state index in [2.05, 4.69) is 10.6 Å². The van der Waals surface area contributed by atoms with Gasteiger partial charge >= 0.3 is 0 Å². The van der Waals surface area contributed by atoms with Crippen LogP contribution in [-0.4, -0.2) is 11.8 Å². The van der Waals surface area contributed by atoms with Crippen LogP contribution in [-0.2, 0) is 21.5 Å². The van der Waals surface area contributed by atoms with E-state index in [0.717, 1.165) is 42.5 Å². The Labute approximate surface area is 155 Å². The van der Waals surface area contributed by atoms with Crippen molar-refractivity contribution >= 4 is 17.5 Å². The van der Waals surface area contributed by atoms with Crippen LogP contribution in [0.4, 0.5) is 5.69 Å². The fourth-order valence-corrected chi connectivity index (χ4v) is 3.83. The summed E-state index contributed by atoms with van der Waals surface area (Å²) in [5.41, 5.74) is 2.43. The molecular formula is C22H26N2O2. The summed E-state index contributed by atoms with van der Waals surface area (Å²) in [7, 11) is 0. The number of carbonyl (C=O) groups excluding carboxylic acids is 2. The molecule has 4 nitrogen and oxygen atoms in total. The van der Waals surface area contributed by atoms with Crippen LogP contribution >= 0.6 is 0 Å². The van der Waals surface area contributed by atoms with Gasteiger partial charge in [-0.1, -0.05) is 61.7 Å². The monoisotopic (exact) mass is 350 g/mol. The highest BCUT2D eigenvalue weighted by atomic mass is 16.2. The molecular weight excluding hydrogens is 324 g/mol. The topological polar surface area (TPSA) is 58.2 Å². The maximum Gasteiger partial charge on any atom is 0.230 e. The predicted octanol–water partition coefficient (Wildman–Crippen LogP) is 4.16. The highest BCUT2D eigenvalue weighted by Gasteiger charge is 2.40. The van der Waals surface area contributed by atoms with Crippen molar-refractivity contribution in [3.05, 3.63) is 65.7 Å². The van der Waals surface area contributed by atoms with Crippen LogP contribution < -0.4 is 10.6 Å². The van der Waals surface area contributed by atoms with Crippen molar-refractivity contribution in [1.29, 1.82) is 0 Å². The number of rotatable bonds is 5. The maximum absolute atomic E-state index is 13.2. The van der Waals surface area contributed by atoms with Crippen LogP contribution in [0.2, 0.25) is 0 Å². The molecule has 136 valence electrons. The van der Waals surface area contributed by atoms with Crippen LogP contribution in [0.5, 0.6) is 0 Å². The van der Waals surface area contributed by atoms with Crippen molar-refractivity contribution in [3.63, 3.8) is 0 Å². The molecule has 0 radical (unpaired) electrons. The zero-order valence-corrected chi connectivity index (χ0v) is 15.3. The van der Waals surface area contributed by atoms with Gasteiger partial charge in [0.25, 0.3) is 0 Å². The van der Waals surface area contributed by atoms with Gasteiger partial charge in [-0.15, -0.1) is 0 Å². The van der Waals surface area contributed by atoms with Crippen molar-refractivity contribution in [2.45, 2.75) is 51.0 Å². The van der Waals surface area contributed by atoms with Gasteiger partial charge in [-0.25, -0.2) is 0 Å². The second kappa shape index (κ2) is 8.17. The summed E-state index contributed by atoms with van der Waals surface area (Å²) in [5.74, 6) is 0.0130. The summed E-state index contributed by atoms with van der Waals surface area (Å²) < 4.78 is 0. The van der Waals surface area contributed by atoms with Gasteiger partial charge in [0.05, 0.1) is 5.41 Å². The summed E-state index contributed by atoms with van der Waals surface area (Å²) in [5, 5.41) is 5.93. The molecule has 0 atom stereocenters. The average molecular weight is 350 g/mol. The Morgan fingerprint density at radius 1 is 0.923 bits per heavy atom. The zero-order chi connectivity index (χ0) is 18.4. The normalized spacial score (nSPS) is 15.9. The van der Waals surface area contributed by atoms with Gasteiger partial charge in [-0.2, -0.15) is 0 Å². The SMILES string of the molecule is CC(=O)Nc1ccc(C2(C(=O)NCc3ccccc3)CCCCC2)cc1. The van der Waals surface area contributed by atoms with Crippen molar-refractivity contribution in [3.8, 4) is 0 Å². The number of benzene rings is 2. The van der Waals surface area contributed by atoms with E-state index >= 15 is 0 Å². The van der Waals surface area contributed by atoms with Gasteiger partial charge in [0.1, 0.15) is 0 Å². The standard InChI is InChI=1S/C22H26N2O2/c1-17(25)24-20-12-10-19(11-13-20)22(14-6-3-7-15-22)21(26)23-16-18-8-4-2-5-9-18/h2,4-5,8-13H,3,6-7,14-16H2,1H3,(H,23,26)(H,24,25). The Kier molecular flexibility index (Phi) is 5.71. The van der Waals surface area contributed by atoms with Crippen molar-refractivity contribution < 1.29 is 9.59 Å². The van der Waals surface area contributed by atoms with E-state index in [1.807, 2.05) is 54.6 Å². The molecule has 26 heavy (non-hydrogen) atoms. The molecule has 2 N–H and O–H groups in total. The number of nitrogens with one attached hydrogen (secondary N) is 2. The van der Waals surface area contributed by atoms with E-state index in [-0.39, 0.29) is 11.8 Å². The smallest absolute Gasteiger partial charge is 0.230 e. The molecule has 0 unspecified atom stereocenters. The van der Waals surface area contributed by atoms with Gasteiger partial charge in [-0.3, -0.25) is 9.59 Å². The fraction of sp³-hybridized carbons (Fsp3) is 0.364. The lowest BCUT2D eigenvalue weighted by atomic mass is 9.68. The maximum atomic E-state index is 13.2. The summed E-state index contributed by atoms with van der Waals surface area (Å²) in [4.78, 5) is 24.4. The van der Waals surface area contributed by atoms with Gasteiger partial charge < -0.3 is 10.6 Å². The molecule has 4 heteroatoms. The highest BCUT2D eigenvalue weighted by Crippen LogP contribution is 2.40. The van der Waals surface area contributed by atoms with E-state index in [9.17, 15) is 9.59 Å². The van der Waals surface area contributed by atoms with Gasteiger partial charge in [0.15, 0.2) is 0 Å². The number of anilines is 1. The Bertz CT molecular complexity index is 747. The third-order valence-electron chi connectivity index (χ3n) is 5.20. The van der Waals surface area contributed by atoms with Crippen molar-refractivity contribution in [2.24, 2.45) is 0 Å². The third kappa shape index (κ3) is 4.13. The lowest BCUT2D eigenvalue weighted by Crippen LogP contribution is -2.45. The Balaban J connectivity index is 1.79. The van der Waals surface area contributed by atoms with E-state index < -0.39 is 5.41 Å². The van der Waals surface area contributed by atoms with Gasteiger partial charge in [0.2, 0.25) is 11.8 Å². The molecule has 1 saturated carbocycles. The van der Waals surface area contributed by atoms with E-state index in [1.165, 1.54) is 13.3 Å². The molecule has 1 fully saturated rings. The molecule has 0 bridgehead atoms. The van der Waals surface area contributed by atoms with Crippen molar-refractivity contribution in [2.75, 3.05) is 5.32 Å². The number of hydrogen-bond acceptors (Lipinski definition) is 2. The van der Waals surface area contributed by atoms with Crippen LogP contribution in [0.25, 0.3) is 0 Å². The molecule has 2 aromatic rings. The first kappa shape index (κ1) is 18.2. The van der Waals surface area contributed by atoms with Crippen LogP contribution in [0, 0.1) is 0 Å². The Morgan fingerprint density at radius 3 is 2.19 bits per heavy atom. The second-order valence-electron chi connectivity index (χ2n) is 7.07.